The molecule has 0 unspecified atom stereocenters. The molecule has 0 radical (unpaired) electrons. The highest BCUT2D eigenvalue weighted by Crippen LogP contribution is 2.41. The summed E-state index contributed by atoms with van der Waals surface area (Å²) in [5, 5.41) is 9.47. The Balaban J connectivity index is 1.55. The Hall–Kier alpha value is -3.27. The van der Waals surface area contributed by atoms with Crippen molar-refractivity contribution in [3.05, 3.63) is 59.2 Å². The Morgan fingerprint density at radius 1 is 1.32 bits per heavy atom. The maximum absolute atomic E-state index is 16.2. The lowest BCUT2D eigenvalue weighted by atomic mass is 9.99. The number of carbonyl (C=O) groups excluding carboxylic acids is 1. The molecule has 7 nitrogen and oxygen atoms in total. The minimum atomic E-state index is -0.533. The zero-order valence-corrected chi connectivity index (χ0v) is 22.0. The van der Waals surface area contributed by atoms with E-state index in [4.69, 9.17) is 16.3 Å². The van der Waals surface area contributed by atoms with Crippen LogP contribution in [0.15, 0.2) is 48.4 Å². The first kappa shape index (κ1) is 25.4. The fraction of sp³-hybridized carbons (Fsp3) is 0.296. The van der Waals surface area contributed by atoms with Crippen molar-refractivity contribution in [2.45, 2.75) is 18.9 Å². The second-order valence-electron chi connectivity index (χ2n) is 8.95. The van der Waals surface area contributed by atoms with Crippen LogP contribution in [0.25, 0.3) is 32.1 Å². The number of hydrogen-bond acceptors (Lipinski definition) is 7. The number of amides is 1. The minimum Gasteiger partial charge on any atom is -0.462 e. The van der Waals surface area contributed by atoms with Crippen LogP contribution < -0.4 is 15.4 Å². The van der Waals surface area contributed by atoms with E-state index in [0.717, 1.165) is 29.5 Å². The highest BCUT2D eigenvalue weighted by molar-refractivity contribution is 7.17. The van der Waals surface area contributed by atoms with Gasteiger partial charge in [-0.3, -0.25) is 4.79 Å². The van der Waals surface area contributed by atoms with E-state index in [1.165, 1.54) is 6.08 Å². The molecule has 2 aromatic heterocycles. The van der Waals surface area contributed by atoms with Crippen molar-refractivity contribution in [3.8, 4) is 17.1 Å². The molecule has 3 heterocycles. The van der Waals surface area contributed by atoms with E-state index in [0.29, 0.717) is 42.0 Å². The number of thiophene rings is 1. The van der Waals surface area contributed by atoms with E-state index in [9.17, 15) is 4.79 Å². The third-order valence-corrected chi connectivity index (χ3v) is 7.79. The van der Waals surface area contributed by atoms with Crippen LogP contribution in [0.5, 0.6) is 6.01 Å². The average molecular weight is 540 g/mol. The highest BCUT2D eigenvalue weighted by atomic mass is 35.5. The van der Waals surface area contributed by atoms with Crippen molar-refractivity contribution in [2.75, 3.05) is 38.6 Å². The normalized spacial score (nSPS) is 15.8. The van der Waals surface area contributed by atoms with Crippen LogP contribution in [-0.2, 0) is 4.79 Å². The largest absolute Gasteiger partial charge is 0.462 e. The molecule has 5 rings (SSSR count). The highest BCUT2D eigenvalue weighted by Gasteiger charge is 2.24. The predicted octanol–water partition coefficient (Wildman–Crippen LogP) is 5.49. The van der Waals surface area contributed by atoms with Crippen molar-refractivity contribution in [2.24, 2.45) is 0 Å². The van der Waals surface area contributed by atoms with Gasteiger partial charge in [0.1, 0.15) is 17.9 Å². The van der Waals surface area contributed by atoms with Crippen LogP contribution in [0.2, 0.25) is 5.02 Å². The number of hydrogen-bond donors (Lipinski definition) is 2. The van der Waals surface area contributed by atoms with Gasteiger partial charge in [0.2, 0.25) is 5.91 Å². The van der Waals surface area contributed by atoms with Gasteiger partial charge in [-0.05, 0) is 61.7 Å². The number of ether oxygens (including phenoxy) is 1. The van der Waals surface area contributed by atoms with Gasteiger partial charge in [-0.15, -0.1) is 11.3 Å². The van der Waals surface area contributed by atoms with E-state index >= 15 is 4.39 Å². The number of nitrogens with one attached hydrogen (secondary N) is 2. The molecule has 37 heavy (non-hydrogen) atoms. The van der Waals surface area contributed by atoms with Gasteiger partial charge >= 0.3 is 6.01 Å². The fourth-order valence-corrected chi connectivity index (χ4v) is 5.74. The second kappa shape index (κ2) is 11.0. The topological polar surface area (TPSA) is 79.4 Å². The summed E-state index contributed by atoms with van der Waals surface area (Å²) >= 11 is 8.27. The third kappa shape index (κ3) is 5.25. The third-order valence-electron chi connectivity index (χ3n) is 6.61. The quantitative estimate of drug-likeness (QED) is 0.216. The average Bonchev–Trinajstić information content (AvgIpc) is 3.54. The van der Waals surface area contributed by atoms with Crippen LogP contribution in [0.4, 0.5) is 10.2 Å². The number of rotatable bonds is 9. The first-order valence-electron chi connectivity index (χ1n) is 12.1. The molecule has 0 aliphatic carbocycles. The molecule has 1 atom stereocenters. The molecule has 1 amide bonds. The summed E-state index contributed by atoms with van der Waals surface area (Å²) in [4.78, 5) is 22.7. The number of nitrogens with zero attached hydrogens (tertiary/aromatic N) is 3. The Kier molecular flexibility index (Phi) is 7.55. The number of aromatic nitrogens is 2. The second-order valence-corrected chi connectivity index (χ2v) is 10.3. The van der Waals surface area contributed by atoms with Gasteiger partial charge in [0.25, 0.3) is 0 Å². The SMILES string of the molecule is C=CC(=O)NCCNc1nc(OC[C@@H]2CCCN2C)nc2c(F)c(-c3cccc4sccc34)c(Cl)cc12. The monoisotopic (exact) mass is 539 g/mol. The summed E-state index contributed by atoms with van der Waals surface area (Å²) in [5.74, 6) is -0.427. The molecule has 192 valence electrons. The number of likely N-dealkylation sites (tertiary alicyclic amines) is 1. The van der Waals surface area contributed by atoms with E-state index < -0.39 is 5.82 Å². The Bertz CT molecular complexity index is 1480. The molecule has 1 aliphatic heterocycles. The zero-order valence-electron chi connectivity index (χ0n) is 20.4. The molecule has 0 bridgehead atoms. The molecule has 1 fully saturated rings. The van der Waals surface area contributed by atoms with Crippen molar-refractivity contribution >= 4 is 55.7 Å². The summed E-state index contributed by atoms with van der Waals surface area (Å²) in [6.07, 6.45) is 3.34. The molecule has 1 aliphatic rings. The van der Waals surface area contributed by atoms with Gasteiger partial charge < -0.3 is 20.3 Å². The molecule has 0 spiro atoms. The van der Waals surface area contributed by atoms with Crippen molar-refractivity contribution in [1.29, 1.82) is 0 Å². The molecule has 4 aromatic rings. The Labute approximate surface area is 223 Å². The lowest BCUT2D eigenvalue weighted by Gasteiger charge is -2.20. The van der Waals surface area contributed by atoms with E-state index in [2.05, 4.69) is 39.1 Å². The number of benzene rings is 2. The molecular formula is C27H27ClFN5O2S. The van der Waals surface area contributed by atoms with Crippen LogP contribution in [-0.4, -0.2) is 60.1 Å². The maximum atomic E-state index is 16.2. The van der Waals surface area contributed by atoms with Gasteiger partial charge in [-0.2, -0.15) is 9.97 Å². The summed E-state index contributed by atoms with van der Waals surface area (Å²) in [5.41, 5.74) is 1.12. The Morgan fingerprint density at radius 3 is 2.97 bits per heavy atom. The fourth-order valence-electron chi connectivity index (χ4n) is 4.63. The van der Waals surface area contributed by atoms with E-state index in [1.807, 2.05) is 29.6 Å². The van der Waals surface area contributed by atoms with Crippen molar-refractivity contribution in [3.63, 3.8) is 0 Å². The number of likely N-dealkylation sites (N-methyl/N-ethyl adjacent to an activating group) is 1. The van der Waals surface area contributed by atoms with Gasteiger partial charge in [0, 0.05) is 40.2 Å². The molecule has 2 aromatic carbocycles. The molecule has 10 heteroatoms. The van der Waals surface area contributed by atoms with Crippen LogP contribution in [0.3, 0.4) is 0 Å². The lowest BCUT2D eigenvalue weighted by Crippen LogP contribution is -2.31. The van der Waals surface area contributed by atoms with Gasteiger partial charge in [0.15, 0.2) is 5.82 Å². The van der Waals surface area contributed by atoms with Crippen LogP contribution in [0, 0.1) is 5.82 Å². The first-order chi connectivity index (χ1) is 18.0. The van der Waals surface area contributed by atoms with Gasteiger partial charge in [-0.1, -0.05) is 30.3 Å². The van der Waals surface area contributed by atoms with Crippen molar-refractivity contribution < 1.29 is 13.9 Å². The minimum absolute atomic E-state index is 0.0892. The first-order valence-corrected chi connectivity index (χ1v) is 13.4. The zero-order chi connectivity index (χ0) is 25.9. The molecule has 1 saturated heterocycles. The van der Waals surface area contributed by atoms with Gasteiger partial charge in [0.05, 0.1) is 5.02 Å². The number of fused-ring (bicyclic) bond motifs is 2. The van der Waals surface area contributed by atoms with Crippen molar-refractivity contribution in [1.82, 2.24) is 20.2 Å². The van der Waals surface area contributed by atoms with E-state index in [1.54, 1.807) is 17.4 Å². The van der Waals surface area contributed by atoms with Crippen LogP contribution in [0.1, 0.15) is 12.8 Å². The molecule has 2 N–H and O–H groups in total. The van der Waals surface area contributed by atoms with E-state index in [-0.39, 0.29) is 28.5 Å². The number of carbonyl (C=O) groups is 1. The summed E-state index contributed by atoms with van der Waals surface area (Å²) in [6, 6.07) is 9.74. The smallest absolute Gasteiger partial charge is 0.319 e. The number of anilines is 1. The number of halogens is 2. The summed E-state index contributed by atoms with van der Waals surface area (Å²) in [7, 11) is 2.06. The lowest BCUT2D eigenvalue weighted by molar-refractivity contribution is -0.116. The molecule has 0 saturated carbocycles. The summed E-state index contributed by atoms with van der Waals surface area (Å²) < 4.78 is 23.2. The predicted molar refractivity (Wildman–Crippen MR) is 148 cm³/mol. The molecular weight excluding hydrogens is 513 g/mol. The standard InChI is InChI=1S/C27H27ClFN5O2S/c1-3-22(35)30-10-11-31-26-19-14-20(28)23(18-7-4-8-21-17(18)9-13-37-21)24(29)25(19)32-27(33-26)36-15-16-6-5-12-34(16)2/h3-4,7-9,13-14,16H,1,5-6,10-12,15H2,2H3,(H,30,35)(H,31,32,33)/t16-/m0/s1. The Morgan fingerprint density at radius 2 is 2.19 bits per heavy atom. The van der Waals surface area contributed by atoms with Crippen LogP contribution >= 0.6 is 22.9 Å². The summed E-state index contributed by atoms with van der Waals surface area (Å²) in [6.45, 7) is 5.55. The van der Waals surface area contributed by atoms with Gasteiger partial charge in [-0.25, -0.2) is 4.39 Å². The maximum Gasteiger partial charge on any atom is 0.319 e.